The van der Waals surface area contributed by atoms with Gasteiger partial charge in [0.15, 0.2) is 0 Å². The zero-order valence-corrected chi connectivity index (χ0v) is 19.0. The Morgan fingerprint density at radius 1 is 1.04 bits per heavy atom. The van der Waals surface area contributed by atoms with Crippen LogP contribution in [0.25, 0.3) is 5.69 Å². The minimum absolute atomic E-state index is 0.230. The fraction of sp³-hybridized carbons (Fsp3) is 0.158. The first kappa shape index (κ1) is 21.3. The number of benzene rings is 2. The molecule has 0 aliphatic rings. The summed E-state index contributed by atoms with van der Waals surface area (Å²) in [5.74, 6) is 0.312. The highest BCUT2D eigenvalue weighted by Crippen LogP contribution is 2.39. The number of rotatable bonds is 5. The number of thioether (sulfide) groups is 1. The Hall–Kier alpha value is -1.37. The summed E-state index contributed by atoms with van der Waals surface area (Å²) >= 11 is 26.5. The van der Waals surface area contributed by atoms with Crippen LogP contribution in [-0.2, 0) is 0 Å². The van der Waals surface area contributed by atoms with Crippen molar-refractivity contribution < 1.29 is 4.79 Å². The van der Waals surface area contributed by atoms with E-state index in [1.54, 1.807) is 46.0 Å². The van der Waals surface area contributed by atoms with Gasteiger partial charge in [-0.25, -0.2) is 4.68 Å². The topological polar surface area (TPSA) is 38.1 Å². The van der Waals surface area contributed by atoms with Crippen LogP contribution in [0.4, 0.5) is 5.82 Å². The van der Waals surface area contributed by atoms with Gasteiger partial charge < -0.3 is 4.90 Å². The quantitative estimate of drug-likeness (QED) is 0.312. The molecule has 0 aliphatic carbocycles. The lowest BCUT2D eigenvalue weighted by Crippen LogP contribution is -2.18. The van der Waals surface area contributed by atoms with Crippen molar-refractivity contribution in [3.8, 4) is 5.69 Å². The van der Waals surface area contributed by atoms with Crippen molar-refractivity contribution in [2.24, 2.45) is 0 Å². The summed E-state index contributed by atoms with van der Waals surface area (Å²) in [4.78, 5) is 15.2. The van der Waals surface area contributed by atoms with Gasteiger partial charge in [0.1, 0.15) is 16.5 Å². The fourth-order valence-electron chi connectivity index (χ4n) is 2.82. The SMILES string of the molecule is CSc1nn(-c2c(Cl)cc(Cl)cc2Cl)c(N(C)C)c1C(=O)c1ccccc1Cl. The molecule has 0 spiro atoms. The van der Waals surface area contributed by atoms with E-state index in [4.69, 9.17) is 46.4 Å². The molecule has 0 fully saturated rings. The highest BCUT2D eigenvalue weighted by atomic mass is 35.5. The Morgan fingerprint density at radius 3 is 2.18 bits per heavy atom. The van der Waals surface area contributed by atoms with E-state index in [0.717, 1.165) is 0 Å². The van der Waals surface area contributed by atoms with Crippen molar-refractivity contribution in [2.75, 3.05) is 25.3 Å². The van der Waals surface area contributed by atoms with E-state index in [1.165, 1.54) is 11.8 Å². The Morgan fingerprint density at radius 2 is 1.64 bits per heavy atom. The first-order valence-electron chi connectivity index (χ1n) is 8.04. The lowest BCUT2D eigenvalue weighted by molar-refractivity contribution is 0.103. The predicted molar refractivity (Wildman–Crippen MR) is 120 cm³/mol. The molecule has 1 aromatic heterocycles. The van der Waals surface area contributed by atoms with Gasteiger partial charge in [0.05, 0.1) is 20.6 Å². The highest BCUT2D eigenvalue weighted by molar-refractivity contribution is 7.98. The Balaban J connectivity index is 2.32. The summed E-state index contributed by atoms with van der Waals surface area (Å²) in [6, 6.07) is 10.1. The molecule has 9 heteroatoms. The van der Waals surface area contributed by atoms with Crippen molar-refractivity contribution in [2.45, 2.75) is 5.03 Å². The van der Waals surface area contributed by atoms with Gasteiger partial charge in [-0.15, -0.1) is 11.8 Å². The van der Waals surface area contributed by atoms with Crippen LogP contribution in [0.3, 0.4) is 0 Å². The minimum atomic E-state index is -0.230. The molecule has 0 saturated carbocycles. The molecule has 0 aliphatic heterocycles. The van der Waals surface area contributed by atoms with Crippen molar-refractivity contribution in [1.29, 1.82) is 0 Å². The number of anilines is 1. The smallest absolute Gasteiger partial charge is 0.201 e. The maximum atomic E-state index is 13.4. The zero-order valence-electron chi connectivity index (χ0n) is 15.1. The lowest BCUT2D eigenvalue weighted by atomic mass is 10.1. The Labute approximate surface area is 187 Å². The molecule has 3 aromatic rings. The zero-order chi connectivity index (χ0) is 20.6. The summed E-state index contributed by atoms with van der Waals surface area (Å²) in [5.41, 5.74) is 1.27. The molecular formula is C19H15Cl4N3OS. The largest absolute Gasteiger partial charge is 0.362 e. The van der Waals surface area contributed by atoms with Gasteiger partial charge in [0, 0.05) is 24.7 Å². The van der Waals surface area contributed by atoms with Gasteiger partial charge >= 0.3 is 0 Å². The molecule has 0 amide bonds. The minimum Gasteiger partial charge on any atom is -0.362 e. The van der Waals surface area contributed by atoms with Gasteiger partial charge in [-0.1, -0.05) is 58.5 Å². The third-order valence-corrected chi connectivity index (χ3v) is 5.78. The number of carbonyl (C=O) groups excluding carboxylic acids is 1. The van der Waals surface area contributed by atoms with Crippen LogP contribution in [0, 0.1) is 0 Å². The summed E-state index contributed by atoms with van der Waals surface area (Å²) in [7, 11) is 3.64. The van der Waals surface area contributed by atoms with E-state index in [1.807, 2.05) is 20.4 Å². The van der Waals surface area contributed by atoms with Crippen LogP contribution >= 0.6 is 58.2 Å². The Bertz CT molecular complexity index is 1040. The third-order valence-electron chi connectivity index (χ3n) is 3.98. The molecule has 146 valence electrons. The maximum absolute atomic E-state index is 13.4. The number of hydrogen-bond acceptors (Lipinski definition) is 4. The van der Waals surface area contributed by atoms with Gasteiger partial charge in [-0.05, 0) is 30.5 Å². The Kier molecular flexibility index (Phi) is 6.52. The van der Waals surface area contributed by atoms with Crippen molar-refractivity contribution in [1.82, 2.24) is 9.78 Å². The number of hydrogen-bond donors (Lipinski definition) is 0. The van der Waals surface area contributed by atoms with Crippen LogP contribution in [0.1, 0.15) is 15.9 Å². The van der Waals surface area contributed by atoms with E-state index in [9.17, 15) is 4.79 Å². The van der Waals surface area contributed by atoms with Gasteiger partial charge in [-0.3, -0.25) is 4.79 Å². The summed E-state index contributed by atoms with van der Waals surface area (Å²) < 4.78 is 1.57. The molecule has 0 radical (unpaired) electrons. The monoisotopic (exact) mass is 473 g/mol. The molecule has 28 heavy (non-hydrogen) atoms. The lowest BCUT2D eigenvalue weighted by Gasteiger charge is -2.18. The molecule has 3 rings (SSSR count). The second-order valence-electron chi connectivity index (χ2n) is 6.04. The first-order chi connectivity index (χ1) is 13.3. The summed E-state index contributed by atoms with van der Waals surface area (Å²) in [6.07, 6.45) is 1.85. The van der Waals surface area contributed by atoms with E-state index < -0.39 is 0 Å². The summed E-state index contributed by atoms with van der Waals surface area (Å²) in [5, 5.41) is 6.59. The van der Waals surface area contributed by atoms with E-state index in [0.29, 0.717) is 47.7 Å². The molecule has 0 unspecified atom stereocenters. The van der Waals surface area contributed by atoms with E-state index in [2.05, 4.69) is 5.10 Å². The van der Waals surface area contributed by atoms with Crippen LogP contribution in [-0.4, -0.2) is 35.9 Å². The van der Waals surface area contributed by atoms with Crippen LogP contribution < -0.4 is 4.90 Å². The number of aromatic nitrogens is 2. The van der Waals surface area contributed by atoms with Gasteiger partial charge in [0.2, 0.25) is 5.78 Å². The number of ketones is 1. The van der Waals surface area contributed by atoms with Crippen molar-refractivity contribution >= 4 is 69.8 Å². The third kappa shape index (κ3) is 3.87. The standard InChI is InChI=1S/C19H15Cl4N3OS/c1-25(2)19-15(17(27)11-6-4-5-7-12(11)21)18(28-3)24-26(19)16-13(22)8-10(20)9-14(16)23/h4-9H,1-3H3. The van der Waals surface area contributed by atoms with Gasteiger partial charge in [-0.2, -0.15) is 5.10 Å². The molecule has 2 aromatic carbocycles. The van der Waals surface area contributed by atoms with Crippen molar-refractivity contribution in [3.63, 3.8) is 0 Å². The summed E-state index contributed by atoms with van der Waals surface area (Å²) in [6.45, 7) is 0. The van der Waals surface area contributed by atoms with Crippen molar-refractivity contribution in [3.05, 3.63) is 67.6 Å². The average Bonchev–Trinajstić information content (AvgIpc) is 3.00. The highest BCUT2D eigenvalue weighted by Gasteiger charge is 2.29. The second-order valence-corrected chi connectivity index (χ2v) is 8.49. The normalized spacial score (nSPS) is 11.0. The van der Waals surface area contributed by atoms with Gasteiger partial charge in [0.25, 0.3) is 0 Å². The van der Waals surface area contributed by atoms with E-state index in [-0.39, 0.29) is 5.78 Å². The average molecular weight is 475 g/mol. The van der Waals surface area contributed by atoms with Crippen LogP contribution in [0.5, 0.6) is 0 Å². The first-order valence-corrected chi connectivity index (χ1v) is 10.8. The second kappa shape index (κ2) is 8.56. The molecule has 0 N–H and O–H groups in total. The number of nitrogens with zero attached hydrogens (tertiary/aromatic N) is 3. The number of halogens is 4. The molecule has 0 saturated heterocycles. The predicted octanol–water partition coefficient (Wildman–Crippen LogP) is 6.50. The molecule has 0 atom stereocenters. The van der Waals surface area contributed by atoms with E-state index >= 15 is 0 Å². The molecular weight excluding hydrogens is 460 g/mol. The molecule has 4 nitrogen and oxygen atoms in total. The van der Waals surface area contributed by atoms with Crippen LogP contribution in [0.15, 0.2) is 41.4 Å². The maximum Gasteiger partial charge on any atom is 0.201 e. The number of carbonyl (C=O) groups is 1. The molecule has 0 bridgehead atoms. The molecule has 1 heterocycles. The fourth-order valence-corrected chi connectivity index (χ4v) is 4.57. The van der Waals surface area contributed by atoms with Crippen LogP contribution in [0.2, 0.25) is 20.1 Å².